The maximum Gasteiger partial charge on any atom is 0.537 e. The Morgan fingerprint density at radius 1 is 0.481 bits per heavy atom. The molecule has 0 aliphatic rings. The van der Waals surface area contributed by atoms with Crippen molar-refractivity contribution in [3.63, 3.8) is 0 Å². The lowest BCUT2D eigenvalue weighted by atomic mass is 9.98. The summed E-state index contributed by atoms with van der Waals surface area (Å²) in [5, 5.41) is -8.05. The highest BCUT2D eigenvalue weighted by atomic mass is 32.2. The van der Waals surface area contributed by atoms with Crippen LogP contribution >= 0.6 is 0 Å². The van der Waals surface area contributed by atoms with Crippen molar-refractivity contribution in [2.24, 2.45) is 0 Å². The number of halogens is 16. The van der Waals surface area contributed by atoms with Gasteiger partial charge in [-0.1, -0.05) is 0 Å². The zero-order valence-electron chi connectivity index (χ0n) is 11.2. The van der Waals surface area contributed by atoms with Crippen molar-refractivity contribution in [1.29, 1.82) is 0 Å². The van der Waals surface area contributed by atoms with E-state index in [2.05, 4.69) is 0 Å². The van der Waals surface area contributed by atoms with E-state index in [9.17, 15) is 78.7 Å². The van der Waals surface area contributed by atoms with E-state index < -0.39 is 51.6 Å². The van der Waals surface area contributed by atoms with Gasteiger partial charge in [-0.05, 0) is 0 Å². The largest absolute Gasteiger partial charge is 0.537 e. The number of rotatable bonds is 6. The highest BCUT2D eigenvalue weighted by molar-refractivity contribution is 7.87. The first-order valence-electron chi connectivity index (χ1n) is 5.18. The van der Waals surface area contributed by atoms with Gasteiger partial charge in [-0.15, -0.1) is 13.2 Å². The Morgan fingerprint density at radius 3 is 1.04 bits per heavy atom. The second-order valence-corrected chi connectivity index (χ2v) is 5.88. The average Bonchev–Trinajstić information content (AvgIpc) is 2.33. The second kappa shape index (κ2) is 6.14. The summed E-state index contributed by atoms with van der Waals surface area (Å²) >= 11 is 0. The average molecular weight is 468 g/mol. The summed E-state index contributed by atoms with van der Waals surface area (Å²) in [5.74, 6) is -33.6. The molecular formula is C7F16O3S. The minimum absolute atomic E-state index is 1.39. The first-order valence-corrected chi connectivity index (χ1v) is 6.59. The molecule has 0 atom stereocenters. The summed E-state index contributed by atoms with van der Waals surface area (Å²) in [7, 11) is -8.35. The van der Waals surface area contributed by atoms with Crippen LogP contribution in [0.3, 0.4) is 0 Å². The van der Waals surface area contributed by atoms with Gasteiger partial charge in [-0.2, -0.15) is 69.7 Å². The van der Waals surface area contributed by atoms with E-state index in [0.29, 0.717) is 0 Å². The Kier molecular flexibility index (Phi) is 5.87. The summed E-state index contributed by atoms with van der Waals surface area (Å²) in [6.07, 6.45) is -14.6. The minimum atomic E-state index is -8.56. The lowest BCUT2D eigenvalue weighted by Crippen LogP contribution is -2.71. The summed E-state index contributed by atoms with van der Waals surface area (Å²) < 4.78 is 220. The molecule has 0 saturated heterocycles. The maximum atomic E-state index is 13.0. The van der Waals surface area contributed by atoms with Gasteiger partial charge in [0.25, 0.3) is 0 Å². The standard InChI is InChI=1S/C7F16O3S/c8-1(9,3(12,13)5(16,17)18)2(10,11)4(14,15)6(19,20)27(24,25)26-7(21,22)23. The second-order valence-electron chi connectivity index (χ2n) is 4.30. The molecule has 20 heteroatoms. The van der Waals surface area contributed by atoms with E-state index in [-0.39, 0.29) is 0 Å². The predicted molar refractivity (Wildman–Crippen MR) is 46.8 cm³/mol. The van der Waals surface area contributed by atoms with Crippen LogP contribution in [0, 0.1) is 0 Å². The van der Waals surface area contributed by atoms with Crippen LogP contribution in [0.2, 0.25) is 0 Å². The van der Waals surface area contributed by atoms with Gasteiger partial charge in [0, 0.05) is 0 Å². The van der Waals surface area contributed by atoms with E-state index in [0.717, 1.165) is 0 Å². The lowest BCUT2D eigenvalue weighted by molar-refractivity contribution is -0.434. The molecule has 0 N–H and O–H groups in total. The van der Waals surface area contributed by atoms with Gasteiger partial charge >= 0.3 is 51.6 Å². The molecule has 0 aromatic carbocycles. The third-order valence-corrected chi connectivity index (χ3v) is 3.72. The quantitative estimate of drug-likeness (QED) is 0.425. The predicted octanol–water partition coefficient (Wildman–Crippen LogP) is 4.55. The molecule has 0 rings (SSSR count). The normalized spacial score (nSPS) is 16.6. The SMILES string of the molecule is O=S(=O)(OC(F)(F)F)C(F)(F)C(F)(F)C(F)(F)C(F)(F)C(F)(F)C(F)(F)F. The molecule has 0 aliphatic heterocycles. The first-order chi connectivity index (χ1) is 11.2. The van der Waals surface area contributed by atoms with E-state index in [1.54, 1.807) is 0 Å². The molecule has 0 unspecified atom stereocenters. The van der Waals surface area contributed by atoms with E-state index in [1.807, 2.05) is 0 Å². The van der Waals surface area contributed by atoms with Crippen molar-refractivity contribution in [3.8, 4) is 0 Å². The van der Waals surface area contributed by atoms with Crippen molar-refractivity contribution in [3.05, 3.63) is 0 Å². The summed E-state index contributed by atoms with van der Waals surface area (Å²) in [4.78, 5) is 0. The summed E-state index contributed by atoms with van der Waals surface area (Å²) in [6.45, 7) is 0. The first kappa shape index (κ1) is 25.8. The molecule has 0 saturated carbocycles. The van der Waals surface area contributed by atoms with Crippen molar-refractivity contribution in [2.75, 3.05) is 0 Å². The fraction of sp³-hybridized carbons (Fsp3) is 1.00. The van der Waals surface area contributed by atoms with E-state index in [4.69, 9.17) is 0 Å². The van der Waals surface area contributed by atoms with Crippen LogP contribution < -0.4 is 0 Å². The van der Waals surface area contributed by atoms with Crippen LogP contribution in [0.5, 0.6) is 0 Å². The smallest absolute Gasteiger partial charge is 0.192 e. The van der Waals surface area contributed by atoms with Crippen LogP contribution in [0.4, 0.5) is 70.2 Å². The molecule has 0 amide bonds. The zero-order valence-corrected chi connectivity index (χ0v) is 12.0. The summed E-state index contributed by atoms with van der Waals surface area (Å²) in [6, 6.07) is 0. The third-order valence-electron chi connectivity index (χ3n) is 2.42. The summed E-state index contributed by atoms with van der Waals surface area (Å²) in [5.41, 5.74) is 0. The van der Waals surface area contributed by atoms with Gasteiger partial charge in [-0.25, -0.2) is 0 Å². The fourth-order valence-corrected chi connectivity index (χ4v) is 1.88. The fourth-order valence-electron chi connectivity index (χ4n) is 1.09. The molecule has 27 heavy (non-hydrogen) atoms. The van der Waals surface area contributed by atoms with Gasteiger partial charge in [0.2, 0.25) is 0 Å². The number of hydrogen-bond acceptors (Lipinski definition) is 3. The van der Waals surface area contributed by atoms with Crippen LogP contribution in [0.25, 0.3) is 0 Å². The Bertz CT molecular complexity index is 654. The maximum absolute atomic E-state index is 13.0. The lowest BCUT2D eigenvalue weighted by Gasteiger charge is -2.39. The highest BCUT2D eigenvalue weighted by Gasteiger charge is 2.93. The van der Waals surface area contributed by atoms with Crippen molar-refractivity contribution >= 4 is 10.1 Å². The van der Waals surface area contributed by atoms with E-state index >= 15 is 0 Å². The molecule has 0 aromatic rings. The molecule has 0 bridgehead atoms. The molecular weight excluding hydrogens is 468 g/mol. The number of hydrogen-bond donors (Lipinski definition) is 0. The molecule has 0 heterocycles. The third kappa shape index (κ3) is 3.73. The minimum Gasteiger partial charge on any atom is -0.192 e. The molecule has 0 fully saturated rings. The molecule has 3 nitrogen and oxygen atoms in total. The van der Waals surface area contributed by atoms with Gasteiger partial charge < -0.3 is 0 Å². The topological polar surface area (TPSA) is 43.4 Å². The highest BCUT2D eigenvalue weighted by Crippen LogP contribution is 2.61. The van der Waals surface area contributed by atoms with Crippen LogP contribution in [0.15, 0.2) is 0 Å². The molecule has 0 aromatic heterocycles. The zero-order chi connectivity index (χ0) is 22.7. The molecule has 0 aliphatic carbocycles. The molecule has 0 spiro atoms. The Hall–Kier alpha value is -1.21. The van der Waals surface area contributed by atoms with Crippen molar-refractivity contribution in [2.45, 2.75) is 41.5 Å². The van der Waals surface area contributed by atoms with Gasteiger partial charge in [-0.3, -0.25) is 0 Å². The van der Waals surface area contributed by atoms with Crippen molar-refractivity contribution < 1.29 is 82.8 Å². The Morgan fingerprint density at radius 2 is 0.778 bits per heavy atom. The van der Waals surface area contributed by atoms with Gasteiger partial charge in [0.05, 0.1) is 0 Å². The van der Waals surface area contributed by atoms with Gasteiger partial charge in [0.15, 0.2) is 0 Å². The molecule has 0 radical (unpaired) electrons. The van der Waals surface area contributed by atoms with Crippen LogP contribution in [-0.2, 0) is 14.3 Å². The Balaban J connectivity index is 6.57. The number of alkyl halides is 16. The van der Waals surface area contributed by atoms with E-state index in [1.165, 1.54) is 4.18 Å². The van der Waals surface area contributed by atoms with Crippen LogP contribution in [-0.4, -0.2) is 49.9 Å². The van der Waals surface area contributed by atoms with Crippen LogP contribution in [0.1, 0.15) is 0 Å². The monoisotopic (exact) mass is 468 g/mol. The van der Waals surface area contributed by atoms with Crippen molar-refractivity contribution in [1.82, 2.24) is 0 Å². The Labute approximate surface area is 136 Å². The van der Waals surface area contributed by atoms with Gasteiger partial charge in [0.1, 0.15) is 0 Å². The molecule has 164 valence electrons.